The lowest BCUT2D eigenvalue weighted by Gasteiger charge is -2.29. The first-order valence-corrected chi connectivity index (χ1v) is 8.31. The van der Waals surface area contributed by atoms with E-state index in [0.717, 1.165) is 39.0 Å². The van der Waals surface area contributed by atoms with Gasteiger partial charge in [0, 0.05) is 13.0 Å². The van der Waals surface area contributed by atoms with Crippen LogP contribution in [0.25, 0.3) is 0 Å². The van der Waals surface area contributed by atoms with Crippen molar-refractivity contribution in [3.8, 4) is 0 Å². The van der Waals surface area contributed by atoms with Crippen molar-refractivity contribution < 1.29 is 4.79 Å². The zero-order valence-corrected chi connectivity index (χ0v) is 13.4. The first-order chi connectivity index (χ1) is 9.65. The molecule has 20 heavy (non-hydrogen) atoms. The Labute approximate surface area is 124 Å². The summed E-state index contributed by atoms with van der Waals surface area (Å²) in [6, 6.07) is 0. The van der Waals surface area contributed by atoms with Crippen LogP contribution < -0.4 is 11.1 Å². The number of amides is 1. The predicted molar refractivity (Wildman–Crippen MR) is 84.5 cm³/mol. The summed E-state index contributed by atoms with van der Waals surface area (Å²) in [7, 11) is 2.17. The van der Waals surface area contributed by atoms with E-state index in [-0.39, 0.29) is 5.91 Å². The summed E-state index contributed by atoms with van der Waals surface area (Å²) < 4.78 is 0. The Kier molecular flexibility index (Phi) is 8.86. The van der Waals surface area contributed by atoms with Gasteiger partial charge in [0.15, 0.2) is 0 Å². The van der Waals surface area contributed by atoms with E-state index < -0.39 is 0 Å². The van der Waals surface area contributed by atoms with Crippen molar-refractivity contribution in [2.75, 3.05) is 33.2 Å². The van der Waals surface area contributed by atoms with Crippen LogP contribution in [0.15, 0.2) is 0 Å². The largest absolute Gasteiger partial charge is 0.356 e. The molecule has 0 aromatic heterocycles. The molecule has 1 rings (SSSR count). The summed E-state index contributed by atoms with van der Waals surface area (Å²) in [5.41, 5.74) is 5.63. The standard InChI is InChI=1S/C16H33N3O/c1-3-4-14(7-10-17)5-6-16(20)18-13-15-8-11-19(2)12-9-15/h14-15H,3-13,17H2,1-2H3,(H,18,20). The van der Waals surface area contributed by atoms with E-state index in [0.29, 0.717) is 18.3 Å². The number of likely N-dealkylation sites (tertiary alicyclic amines) is 1. The molecule has 4 nitrogen and oxygen atoms in total. The average molecular weight is 283 g/mol. The minimum absolute atomic E-state index is 0.224. The van der Waals surface area contributed by atoms with Crippen LogP contribution >= 0.6 is 0 Å². The first kappa shape index (κ1) is 17.4. The highest BCUT2D eigenvalue weighted by Gasteiger charge is 2.17. The predicted octanol–water partition coefficient (Wildman–Crippen LogP) is 1.99. The maximum absolute atomic E-state index is 11.9. The van der Waals surface area contributed by atoms with Crippen molar-refractivity contribution in [3.05, 3.63) is 0 Å². The van der Waals surface area contributed by atoms with Gasteiger partial charge >= 0.3 is 0 Å². The summed E-state index contributed by atoms with van der Waals surface area (Å²) in [5, 5.41) is 3.12. The van der Waals surface area contributed by atoms with Crippen LogP contribution in [-0.2, 0) is 4.79 Å². The molecule has 0 spiro atoms. The summed E-state index contributed by atoms with van der Waals surface area (Å²) in [5.74, 6) is 1.52. The van der Waals surface area contributed by atoms with E-state index in [9.17, 15) is 4.79 Å². The number of piperidine rings is 1. The second kappa shape index (κ2) is 10.2. The molecule has 118 valence electrons. The average Bonchev–Trinajstić information content (AvgIpc) is 2.44. The summed E-state index contributed by atoms with van der Waals surface area (Å²) in [6.07, 6.45) is 7.50. The lowest BCUT2D eigenvalue weighted by atomic mass is 9.94. The molecule has 1 amide bonds. The van der Waals surface area contributed by atoms with Gasteiger partial charge in [0.2, 0.25) is 5.91 Å². The second-order valence-corrected chi connectivity index (χ2v) is 6.32. The number of nitrogens with two attached hydrogens (primary N) is 1. The third-order valence-corrected chi connectivity index (χ3v) is 4.48. The Hall–Kier alpha value is -0.610. The highest BCUT2D eigenvalue weighted by molar-refractivity contribution is 5.75. The normalized spacial score (nSPS) is 18.9. The molecule has 0 aromatic rings. The minimum Gasteiger partial charge on any atom is -0.356 e. The number of nitrogens with one attached hydrogen (secondary N) is 1. The Morgan fingerprint density at radius 1 is 1.30 bits per heavy atom. The summed E-state index contributed by atoms with van der Waals surface area (Å²) in [4.78, 5) is 14.3. The molecule has 0 aliphatic carbocycles. The fraction of sp³-hybridized carbons (Fsp3) is 0.938. The molecule has 0 aromatic carbocycles. The highest BCUT2D eigenvalue weighted by atomic mass is 16.1. The molecule has 0 bridgehead atoms. The van der Waals surface area contributed by atoms with Crippen molar-refractivity contribution in [2.45, 2.75) is 51.9 Å². The zero-order valence-electron chi connectivity index (χ0n) is 13.4. The number of hydrogen-bond acceptors (Lipinski definition) is 3. The second-order valence-electron chi connectivity index (χ2n) is 6.32. The van der Waals surface area contributed by atoms with Gasteiger partial charge in [-0.2, -0.15) is 0 Å². The number of rotatable bonds is 9. The summed E-state index contributed by atoms with van der Waals surface area (Å²) in [6.45, 7) is 6.12. The highest BCUT2D eigenvalue weighted by Crippen LogP contribution is 2.17. The van der Waals surface area contributed by atoms with Gasteiger partial charge in [-0.15, -0.1) is 0 Å². The molecule has 0 saturated carbocycles. The Balaban J connectivity index is 2.12. The topological polar surface area (TPSA) is 58.4 Å². The minimum atomic E-state index is 0.224. The first-order valence-electron chi connectivity index (χ1n) is 8.31. The Morgan fingerprint density at radius 2 is 2.00 bits per heavy atom. The molecule has 1 heterocycles. The maximum atomic E-state index is 11.9. The van der Waals surface area contributed by atoms with Gasteiger partial charge < -0.3 is 16.0 Å². The number of hydrogen-bond donors (Lipinski definition) is 2. The molecule has 1 unspecified atom stereocenters. The van der Waals surface area contributed by atoms with Gasteiger partial charge in [0.25, 0.3) is 0 Å². The zero-order chi connectivity index (χ0) is 14.8. The van der Waals surface area contributed by atoms with E-state index in [1.165, 1.54) is 25.7 Å². The van der Waals surface area contributed by atoms with Crippen LogP contribution in [0.1, 0.15) is 51.9 Å². The van der Waals surface area contributed by atoms with Gasteiger partial charge in [0.05, 0.1) is 0 Å². The van der Waals surface area contributed by atoms with E-state index in [2.05, 4.69) is 24.2 Å². The van der Waals surface area contributed by atoms with Crippen LogP contribution in [-0.4, -0.2) is 44.0 Å². The van der Waals surface area contributed by atoms with Gasteiger partial charge in [-0.05, 0) is 64.2 Å². The monoisotopic (exact) mass is 283 g/mol. The molecule has 1 atom stereocenters. The quantitative estimate of drug-likeness (QED) is 0.680. The Bertz CT molecular complexity index is 256. The van der Waals surface area contributed by atoms with Crippen molar-refractivity contribution in [1.29, 1.82) is 0 Å². The fourth-order valence-electron chi connectivity index (χ4n) is 3.02. The van der Waals surface area contributed by atoms with Crippen LogP contribution in [0.3, 0.4) is 0 Å². The van der Waals surface area contributed by atoms with Crippen LogP contribution in [0, 0.1) is 11.8 Å². The molecule has 4 heteroatoms. The van der Waals surface area contributed by atoms with E-state index in [1.54, 1.807) is 0 Å². The van der Waals surface area contributed by atoms with E-state index >= 15 is 0 Å². The maximum Gasteiger partial charge on any atom is 0.220 e. The van der Waals surface area contributed by atoms with Crippen molar-refractivity contribution in [1.82, 2.24) is 10.2 Å². The number of carbonyl (C=O) groups is 1. The van der Waals surface area contributed by atoms with Gasteiger partial charge in [-0.3, -0.25) is 4.79 Å². The summed E-state index contributed by atoms with van der Waals surface area (Å²) >= 11 is 0. The van der Waals surface area contributed by atoms with Crippen molar-refractivity contribution in [3.63, 3.8) is 0 Å². The molecular weight excluding hydrogens is 250 g/mol. The molecular formula is C16H33N3O. The number of nitrogens with zero attached hydrogens (tertiary/aromatic N) is 1. The fourth-order valence-corrected chi connectivity index (χ4v) is 3.02. The lowest BCUT2D eigenvalue weighted by molar-refractivity contribution is -0.121. The van der Waals surface area contributed by atoms with Gasteiger partial charge in [0.1, 0.15) is 0 Å². The third kappa shape index (κ3) is 7.25. The van der Waals surface area contributed by atoms with Crippen LogP contribution in [0.2, 0.25) is 0 Å². The van der Waals surface area contributed by atoms with Crippen LogP contribution in [0.5, 0.6) is 0 Å². The SMILES string of the molecule is CCCC(CCN)CCC(=O)NCC1CCN(C)CC1. The molecule has 1 aliphatic heterocycles. The molecule has 1 fully saturated rings. The number of carbonyl (C=O) groups excluding carboxylic acids is 1. The van der Waals surface area contributed by atoms with Crippen molar-refractivity contribution >= 4 is 5.91 Å². The van der Waals surface area contributed by atoms with E-state index in [1.807, 2.05) is 0 Å². The van der Waals surface area contributed by atoms with Gasteiger partial charge in [-0.1, -0.05) is 19.8 Å². The smallest absolute Gasteiger partial charge is 0.220 e. The van der Waals surface area contributed by atoms with Crippen LogP contribution in [0.4, 0.5) is 0 Å². The Morgan fingerprint density at radius 3 is 2.60 bits per heavy atom. The third-order valence-electron chi connectivity index (χ3n) is 4.48. The van der Waals surface area contributed by atoms with Gasteiger partial charge in [-0.25, -0.2) is 0 Å². The molecule has 1 saturated heterocycles. The van der Waals surface area contributed by atoms with Crippen molar-refractivity contribution in [2.24, 2.45) is 17.6 Å². The molecule has 1 aliphatic rings. The lowest BCUT2D eigenvalue weighted by Crippen LogP contribution is -2.36. The van der Waals surface area contributed by atoms with E-state index in [4.69, 9.17) is 5.73 Å². The molecule has 3 N–H and O–H groups in total. The molecule has 0 radical (unpaired) electrons.